The number of likely N-dealkylation sites (tertiary alicyclic amines) is 1. The van der Waals surface area contributed by atoms with Crippen LogP contribution in [0.3, 0.4) is 0 Å². The van der Waals surface area contributed by atoms with E-state index in [1.54, 1.807) is 14.0 Å². The molecule has 0 unspecified atom stereocenters. The van der Waals surface area contributed by atoms with Gasteiger partial charge in [0.2, 0.25) is 0 Å². The normalized spacial score (nSPS) is 16.7. The highest BCUT2D eigenvalue weighted by molar-refractivity contribution is 9.10. The molecule has 1 heterocycles. The van der Waals surface area contributed by atoms with Crippen LogP contribution in [0.25, 0.3) is 0 Å². The highest BCUT2D eigenvalue weighted by Gasteiger charge is 2.24. The van der Waals surface area contributed by atoms with E-state index in [1.807, 2.05) is 36.4 Å². The number of ether oxygens (including phenoxy) is 2. The van der Waals surface area contributed by atoms with Gasteiger partial charge in [0.15, 0.2) is 6.10 Å². The number of carbonyl (C=O) groups excluding carboxylic acids is 1. The van der Waals surface area contributed by atoms with E-state index in [-0.39, 0.29) is 11.9 Å². The number of benzene rings is 2. The van der Waals surface area contributed by atoms with Crippen LogP contribution in [-0.4, -0.2) is 43.7 Å². The maximum absolute atomic E-state index is 12.6. The lowest BCUT2D eigenvalue weighted by molar-refractivity contribution is -0.127. The Balaban J connectivity index is 1.63. The highest BCUT2D eigenvalue weighted by Crippen LogP contribution is 2.26. The van der Waals surface area contributed by atoms with Crippen molar-refractivity contribution < 1.29 is 14.3 Å². The Labute approximate surface area is 181 Å². The molecule has 1 amide bonds. The standard InChI is InChI=1S/C23H29BrN2O3/c1-17(29-21-12-8-19(24)9-13-21)23(27)25-16-22(26-14-4-3-5-15-26)18-6-10-20(28-2)11-7-18/h6-13,17,22H,3-5,14-16H2,1-2H3,(H,25,27)/t17-,22+/m0/s1. The number of amides is 1. The Morgan fingerprint density at radius 1 is 1.03 bits per heavy atom. The maximum atomic E-state index is 12.6. The van der Waals surface area contributed by atoms with E-state index < -0.39 is 6.10 Å². The van der Waals surface area contributed by atoms with Gasteiger partial charge in [-0.3, -0.25) is 9.69 Å². The molecule has 3 rings (SSSR count). The van der Waals surface area contributed by atoms with E-state index in [0.29, 0.717) is 12.3 Å². The van der Waals surface area contributed by atoms with Crippen LogP contribution in [0, 0.1) is 0 Å². The van der Waals surface area contributed by atoms with Crippen molar-refractivity contribution in [3.63, 3.8) is 0 Å². The summed E-state index contributed by atoms with van der Waals surface area (Å²) in [6.07, 6.45) is 3.11. The topological polar surface area (TPSA) is 50.8 Å². The minimum Gasteiger partial charge on any atom is -0.497 e. The van der Waals surface area contributed by atoms with E-state index in [4.69, 9.17) is 9.47 Å². The first kappa shape index (κ1) is 21.7. The first-order chi connectivity index (χ1) is 14.1. The number of rotatable bonds is 8. The minimum absolute atomic E-state index is 0.108. The van der Waals surface area contributed by atoms with Crippen molar-refractivity contribution in [3.05, 3.63) is 58.6 Å². The molecule has 0 radical (unpaired) electrons. The molecule has 0 spiro atoms. The van der Waals surface area contributed by atoms with Gasteiger partial charge in [0.25, 0.3) is 5.91 Å². The molecule has 29 heavy (non-hydrogen) atoms. The van der Waals surface area contributed by atoms with Crippen LogP contribution in [0.5, 0.6) is 11.5 Å². The molecule has 2 aromatic rings. The van der Waals surface area contributed by atoms with Gasteiger partial charge < -0.3 is 14.8 Å². The van der Waals surface area contributed by atoms with Gasteiger partial charge in [0.1, 0.15) is 11.5 Å². The fourth-order valence-electron chi connectivity index (χ4n) is 3.63. The summed E-state index contributed by atoms with van der Waals surface area (Å²) < 4.78 is 12.0. The lowest BCUT2D eigenvalue weighted by Crippen LogP contribution is -2.43. The highest BCUT2D eigenvalue weighted by atomic mass is 79.9. The molecule has 1 saturated heterocycles. The van der Waals surface area contributed by atoms with Crippen LogP contribution in [0.15, 0.2) is 53.0 Å². The summed E-state index contributed by atoms with van der Waals surface area (Å²) in [5.74, 6) is 1.41. The van der Waals surface area contributed by atoms with Crippen molar-refractivity contribution >= 4 is 21.8 Å². The second kappa shape index (κ2) is 10.6. The van der Waals surface area contributed by atoms with Gasteiger partial charge in [-0.05, 0) is 74.8 Å². The predicted molar refractivity (Wildman–Crippen MR) is 118 cm³/mol. The minimum atomic E-state index is -0.561. The van der Waals surface area contributed by atoms with Gasteiger partial charge in [-0.15, -0.1) is 0 Å². The molecule has 0 aromatic heterocycles. The maximum Gasteiger partial charge on any atom is 0.260 e. The van der Waals surface area contributed by atoms with Crippen LogP contribution >= 0.6 is 15.9 Å². The quantitative estimate of drug-likeness (QED) is 0.626. The molecular formula is C23H29BrN2O3. The van der Waals surface area contributed by atoms with Gasteiger partial charge in [-0.2, -0.15) is 0 Å². The Morgan fingerprint density at radius 3 is 2.28 bits per heavy atom. The summed E-state index contributed by atoms with van der Waals surface area (Å²) in [5, 5.41) is 3.09. The summed E-state index contributed by atoms with van der Waals surface area (Å²) in [7, 11) is 1.67. The second-order valence-electron chi connectivity index (χ2n) is 7.34. The Morgan fingerprint density at radius 2 is 1.66 bits per heavy atom. The van der Waals surface area contributed by atoms with Gasteiger partial charge in [0, 0.05) is 11.0 Å². The second-order valence-corrected chi connectivity index (χ2v) is 8.26. The van der Waals surface area contributed by atoms with Crippen LogP contribution in [0.4, 0.5) is 0 Å². The SMILES string of the molecule is COc1ccc([C@@H](CNC(=O)[C@H](C)Oc2ccc(Br)cc2)N2CCCCC2)cc1. The third-order valence-corrected chi connectivity index (χ3v) is 5.83. The largest absolute Gasteiger partial charge is 0.497 e. The van der Waals surface area contributed by atoms with Crippen molar-refractivity contribution in [3.8, 4) is 11.5 Å². The lowest BCUT2D eigenvalue weighted by Gasteiger charge is -2.35. The first-order valence-electron chi connectivity index (χ1n) is 10.1. The fraction of sp³-hybridized carbons (Fsp3) is 0.435. The summed E-state index contributed by atoms with van der Waals surface area (Å²) in [4.78, 5) is 15.1. The molecule has 1 aliphatic heterocycles. The van der Waals surface area contributed by atoms with E-state index in [9.17, 15) is 4.79 Å². The third-order valence-electron chi connectivity index (χ3n) is 5.30. The zero-order valence-corrected chi connectivity index (χ0v) is 18.7. The van der Waals surface area contributed by atoms with Crippen LogP contribution in [0.2, 0.25) is 0 Å². The van der Waals surface area contributed by atoms with Crippen molar-refractivity contribution in [2.24, 2.45) is 0 Å². The van der Waals surface area contributed by atoms with Crippen LogP contribution < -0.4 is 14.8 Å². The average molecular weight is 461 g/mol. The number of piperidine rings is 1. The zero-order valence-electron chi connectivity index (χ0n) is 17.1. The molecule has 0 bridgehead atoms. The van der Waals surface area contributed by atoms with Gasteiger partial charge in [-0.1, -0.05) is 34.5 Å². The molecular weight excluding hydrogens is 432 g/mol. The third kappa shape index (κ3) is 6.21. The van der Waals surface area contributed by atoms with E-state index in [1.165, 1.54) is 24.8 Å². The number of hydrogen-bond donors (Lipinski definition) is 1. The molecule has 156 valence electrons. The van der Waals surface area contributed by atoms with Crippen molar-refractivity contribution in [1.29, 1.82) is 0 Å². The summed E-state index contributed by atoms with van der Waals surface area (Å²) in [6, 6.07) is 15.8. The van der Waals surface area contributed by atoms with Gasteiger partial charge in [-0.25, -0.2) is 0 Å². The Bertz CT molecular complexity index is 774. The first-order valence-corrected chi connectivity index (χ1v) is 10.9. The van der Waals surface area contributed by atoms with Crippen molar-refractivity contribution in [2.75, 3.05) is 26.7 Å². The number of methoxy groups -OCH3 is 1. The van der Waals surface area contributed by atoms with Crippen LogP contribution in [0.1, 0.15) is 37.8 Å². The van der Waals surface area contributed by atoms with Crippen LogP contribution in [-0.2, 0) is 4.79 Å². The molecule has 5 nitrogen and oxygen atoms in total. The molecule has 2 atom stereocenters. The summed E-state index contributed by atoms with van der Waals surface area (Å²) in [5.41, 5.74) is 1.19. The Hall–Kier alpha value is -2.05. The molecule has 1 aliphatic rings. The lowest BCUT2D eigenvalue weighted by atomic mass is 10.0. The van der Waals surface area contributed by atoms with E-state index >= 15 is 0 Å². The number of carbonyl (C=O) groups is 1. The summed E-state index contributed by atoms with van der Waals surface area (Å²) >= 11 is 3.40. The predicted octanol–water partition coefficient (Wildman–Crippen LogP) is 4.57. The smallest absolute Gasteiger partial charge is 0.260 e. The molecule has 0 aliphatic carbocycles. The molecule has 1 fully saturated rings. The monoisotopic (exact) mass is 460 g/mol. The van der Waals surface area contributed by atoms with E-state index in [2.05, 4.69) is 38.3 Å². The molecule has 6 heteroatoms. The number of hydrogen-bond acceptors (Lipinski definition) is 4. The zero-order chi connectivity index (χ0) is 20.6. The number of nitrogens with zero attached hydrogens (tertiary/aromatic N) is 1. The summed E-state index contributed by atoms with van der Waals surface area (Å²) in [6.45, 7) is 4.44. The fourth-order valence-corrected chi connectivity index (χ4v) is 3.89. The van der Waals surface area contributed by atoms with Crippen molar-refractivity contribution in [1.82, 2.24) is 10.2 Å². The Kier molecular flexibility index (Phi) is 7.95. The number of nitrogens with one attached hydrogen (secondary N) is 1. The van der Waals surface area contributed by atoms with Crippen molar-refractivity contribution in [2.45, 2.75) is 38.3 Å². The van der Waals surface area contributed by atoms with E-state index in [0.717, 1.165) is 23.3 Å². The molecule has 0 saturated carbocycles. The molecule has 2 aromatic carbocycles. The van der Waals surface area contributed by atoms with Gasteiger partial charge >= 0.3 is 0 Å². The van der Waals surface area contributed by atoms with Gasteiger partial charge in [0.05, 0.1) is 13.2 Å². The number of halogens is 1. The average Bonchev–Trinajstić information content (AvgIpc) is 2.76. The molecule has 1 N–H and O–H groups in total.